The maximum absolute atomic E-state index is 11.3. The van der Waals surface area contributed by atoms with Crippen molar-refractivity contribution in [3.8, 4) is 0 Å². The van der Waals surface area contributed by atoms with Gasteiger partial charge in [-0.05, 0) is 25.2 Å². The molecule has 0 bridgehead atoms. The Balaban J connectivity index is 2.98. The van der Waals surface area contributed by atoms with E-state index in [4.69, 9.17) is 4.98 Å². The highest BCUT2D eigenvalue weighted by molar-refractivity contribution is 7.17. The molecule has 3 nitrogen and oxygen atoms in total. The van der Waals surface area contributed by atoms with E-state index in [1.807, 2.05) is 0 Å². The summed E-state index contributed by atoms with van der Waals surface area (Å²) in [6, 6.07) is 0. The minimum atomic E-state index is 0.354. The van der Waals surface area contributed by atoms with Crippen molar-refractivity contribution in [2.24, 2.45) is 5.92 Å². The molecule has 1 aromatic rings. The van der Waals surface area contributed by atoms with Crippen LogP contribution in [0.3, 0.4) is 0 Å². The molecule has 0 N–H and O–H groups in total. The number of thiazole rings is 1. The Morgan fingerprint density at radius 3 is 2.30 bits per heavy atom. The summed E-state index contributed by atoms with van der Waals surface area (Å²) in [5.74, 6) is 1.05. The van der Waals surface area contributed by atoms with Crippen molar-refractivity contribution in [3.05, 3.63) is 10.6 Å². The molecule has 0 aliphatic carbocycles. The minimum absolute atomic E-state index is 0.354. The lowest BCUT2D eigenvalue weighted by Gasteiger charge is -2.24. The Morgan fingerprint density at radius 1 is 1.20 bits per heavy atom. The smallest absolute Gasteiger partial charge is 0.186 e. The topological polar surface area (TPSA) is 33.2 Å². The van der Waals surface area contributed by atoms with E-state index in [0.717, 1.165) is 41.5 Å². The first kappa shape index (κ1) is 17.2. The van der Waals surface area contributed by atoms with Crippen molar-refractivity contribution in [2.45, 2.75) is 59.8 Å². The molecule has 0 fully saturated rings. The molecule has 0 aromatic carbocycles. The molecule has 0 aliphatic heterocycles. The Kier molecular flexibility index (Phi) is 7.20. The third-order valence-electron chi connectivity index (χ3n) is 4.14. The first-order valence-corrected chi connectivity index (χ1v) is 8.63. The molecule has 1 aromatic heterocycles. The third-order valence-corrected chi connectivity index (χ3v) is 5.20. The zero-order chi connectivity index (χ0) is 15.1. The molecule has 1 rings (SSSR count). The monoisotopic (exact) mass is 296 g/mol. The molecule has 0 saturated heterocycles. The summed E-state index contributed by atoms with van der Waals surface area (Å²) in [6.07, 6.45) is 4.37. The van der Waals surface area contributed by atoms with Gasteiger partial charge in [-0.15, -0.1) is 0 Å². The van der Waals surface area contributed by atoms with E-state index in [9.17, 15) is 4.79 Å². The summed E-state index contributed by atoms with van der Waals surface area (Å²) in [7, 11) is 0. The van der Waals surface area contributed by atoms with Gasteiger partial charge in [0, 0.05) is 13.1 Å². The van der Waals surface area contributed by atoms with Gasteiger partial charge in [0.15, 0.2) is 11.4 Å². The van der Waals surface area contributed by atoms with Gasteiger partial charge in [0.25, 0.3) is 0 Å². The van der Waals surface area contributed by atoms with Crippen LogP contribution in [-0.2, 0) is 0 Å². The lowest BCUT2D eigenvalue weighted by atomic mass is 10.0. The lowest BCUT2D eigenvalue weighted by Crippen LogP contribution is -2.28. The van der Waals surface area contributed by atoms with Crippen LogP contribution in [0.15, 0.2) is 0 Å². The quantitative estimate of drug-likeness (QED) is 0.618. The van der Waals surface area contributed by atoms with Crippen LogP contribution in [0.25, 0.3) is 0 Å². The number of aldehydes is 1. The Morgan fingerprint density at radius 2 is 1.85 bits per heavy atom. The molecular weight excluding hydrogens is 268 g/mol. The molecule has 114 valence electrons. The van der Waals surface area contributed by atoms with E-state index in [-0.39, 0.29) is 0 Å². The molecule has 0 radical (unpaired) electrons. The molecule has 0 spiro atoms. The molecule has 4 heteroatoms. The van der Waals surface area contributed by atoms with Crippen LogP contribution in [0.4, 0.5) is 5.13 Å². The van der Waals surface area contributed by atoms with Crippen LogP contribution >= 0.6 is 11.3 Å². The van der Waals surface area contributed by atoms with Crippen LogP contribution in [0.1, 0.15) is 75.2 Å². The largest absolute Gasteiger partial charge is 0.348 e. The Hall–Kier alpha value is -0.900. The van der Waals surface area contributed by atoms with Crippen molar-refractivity contribution in [1.82, 2.24) is 4.98 Å². The second-order valence-corrected chi connectivity index (χ2v) is 6.40. The summed E-state index contributed by atoms with van der Waals surface area (Å²) in [5, 5.41) is 1.01. The first-order chi connectivity index (χ1) is 9.60. The molecule has 1 atom stereocenters. The second kappa shape index (κ2) is 8.40. The highest BCUT2D eigenvalue weighted by Gasteiger charge is 2.20. The van der Waals surface area contributed by atoms with Gasteiger partial charge in [0.1, 0.15) is 0 Å². The summed E-state index contributed by atoms with van der Waals surface area (Å²) >= 11 is 1.55. The second-order valence-electron chi connectivity index (χ2n) is 5.39. The fourth-order valence-corrected chi connectivity index (χ4v) is 3.37. The van der Waals surface area contributed by atoms with Crippen molar-refractivity contribution < 1.29 is 4.79 Å². The van der Waals surface area contributed by atoms with Crippen molar-refractivity contribution in [3.63, 3.8) is 0 Å². The number of carbonyl (C=O) groups is 1. The number of hydrogen-bond donors (Lipinski definition) is 0. The number of hydrogen-bond acceptors (Lipinski definition) is 4. The van der Waals surface area contributed by atoms with E-state index in [0.29, 0.717) is 11.8 Å². The predicted octanol–water partition coefficient (Wildman–Crippen LogP) is 4.73. The van der Waals surface area contributed by atoms with Crippen molar-refractivity contribution >= 4 is 22.8 Å². The number of anilines is 1. The average Bonchev–Trinajstić information content (AvgIpc) is 2.91. The molecule has 1 unspecified atom stereocenters. The van der Waals surface area contributed by atoms with E-state index >= 15 is 0 Å². The van der Waals surface area contributed by atoms with E-state index in [2.05, 4.69) is 39.5 Å². The van der Waals surface area contributed by atoms with Gasteiger partial charge in [0.05, 0.1) is 10.6 Å². The summed E-state index contributed by atoms with van der Waals surface area (Å²) < 4.78 is 0. The van der Waals surface area contributed by atoms with Crippen molar-refractivity contribution in [1.29, 1.82) is 0 Å². The maximum atomic E-state index is 11.3. The Bertz CT molecular complexity index is 413. The van der Waals surface area contributed by atoms with Gasteiger partial charge in [0.2, 0.25) is 0 Å². The highest BCUT2D eigenvalue weighted by Crippen LogP contribution is 2.31. The van der Waals surface area contributed by atoms with Gasteiger partial charge < -0.3 is 4.90 Å². The lowest BCUT2D eigenvalue weighted by molar-refractivity contribution is 0.112. The maximum Gasteiger partial charge on any atom is 0.186 e. The van der Waals surface area contributed by atoms with Crippen LogP contribution in [-0.4, -0.2) is 24.4 Å². The fraction of sp³-hybridized carbons (Fsp3) is 0.750. The molecule has 0 saturated carbocycles. The van der Waals surface area contributed by atoms with E-state index in [1.54, 1.807) is 11.3 Å². The van der Waals surface area contributed by atoms with Gasteiger partial charge in [-0.3, -0.25) is 4.79 Å². The zero-order valence-electron chi connectivity index (χ0n) is 13.5. The average molecular weight is 296 g/mol. The standard InChI is InChI=1S/C16H28N2OS/c1-6-12(5)15-14(11-19)20-16(17-15)18(9-4)10-13(7-2)8-3/h11-13H,6-10H2,1-5H3. The Labute approximate surface area is 127 Å². The number of nitrogens with zero attached hydrogens (tertiary/aromatic N) is 2. The SMILES string of the molecule is CCC(CC)CN(CC)c1nc(C(C)CC)c(C=O)s1. The van der Waals surface area contributed by atoms with Gasteiger partial charge >= 0.3 is 0 Å². The highest BCUT2D eigenvalue weighted by atomic mass is 32.1. The van der Waals surface area contributed by atoms with E-state index < -0.39 is 0 Å². The minimum Gasteiger partial charge on any atom is -0.348 e. The molecule has 0 amide bonds. The van der Waals surface area contributed by atoms with Gasteiger partial charge in [-0.2, -0.15) is 0 Å². The van der Waals surface area contributed by atoms with Crippen LogP contribution in [0.2, 0.25) is 0 Å². The third kappa shape index (κ3) is 4.05. The zero-order valence-corrected chi connectivity index (χ0v) is 14.3. The summed E-state index contributed by atoms with van der Waals surface area (Å²) in [6.45, 7) is 12.9. The predicted molar refractivity (Wildman–Crippen MR) is 88.2 cm³/mol. The number of aromatic nitrogens is 1. The van der Waals surface area contributed by atoms with Gasteiger partial charge in [-0.1, -0.05) is 51.9 Å². The fourth-order valence-electron chi connectivity index (χ4n) is 2.30. The van der Waals surface area contributed by atoms with Crippen LogP contribution in [0, 0.1) is 5.92 Å². The summed E-state index contributed by atoms with van der Waals surface area (Å²) in [5.41, 5.74) is 0.977. The first-order valence-electron chi connectivity index (χ1n) is 7.81. The molecule has 1 heterocycles. The van der Waals surface area contributed by atoms with E-state index in [1.165, 1.54) is 12.8 Å². The molecule has 20 heavy (non-hydrogen) atoms. The number of rotatable bonds is 9. The van der Waals surface area contributed by atoms with Crippen LogP contribution < -0.4 is 4.90 Å². The van der Waals surface area contributed by atoms with Crippen molar-refractivity contribution in [2.75, 3.05) is 18.0 Å². The number of carbonyl (C=O) groups excluding carboxylic acids is 1. The normalized spacial score (nSPS) is 12.7. The molecular formula is C16H28N2OS. The molecule has 0 aliphatic rings. The summed E-state index contributed by atoms with van der Waals surface area (Å²) in [4.78, 5) is 19.1. The van der Waals surface area contributed by atoms with Crippen LogP contribution in [0.5, 0.6) is 0 Å². The van der Waals surface area contributed by atoms with Gasteiger partial charge in [-0.25, -0.2) is 4.98 Å².